The maximum atomic E-state index is 12.0. The number of hydrogen-bond donors (Lipinski definition) is 0. The van der Waals surface area contributed by atoms with Crippen LogP contribution in [0.4, 0.5) is 4.39 Å². The summed E-state index contributed by atoms with van der Waals surface area (Å²) in [7, 11) is 0. The van der Waals surface area contributed by atoms with Gasteiger partial charge in [0.2, 0.25) is 0 Å². The van der Waals surface area contributed by atoms with Crippen LogP contribution in [0.3, 0.4) is 0 Å². The number of alkyl halides is 1. The summed E-state index contributed by atoms with van der Waals surface area (Å²) in [5, 5.41) is 0.665. The average molecular weight is 311 g/mol. The summed E-state index contributed by atoms with van der Waals surface area (Å²) < 4.78 is 27.9. The van der Waals surface area contributed by atoms with E-state index in [0.29, 0.717) is 23.1 Å². The summed E-state index contributed by atoms with van der Waals surface area (Å²) in [6, 6.07) is 14.4. The molecule has 0 atom stereocenters. The second-order valence-corrected chi connectivity index (χ2v) is 4.68. The Hall–Kier alpha value is -1.78. The third-order valence-corrected chi connectivity index (χ3v) is 2.91. The first-order chi connectivity index (χ1) is 10.3. The van der Waals surface area contributed by atoms with E-state index in [-0.39, 0.29) is 13.4 Å². The molecule has 0 amide bonds. The molecule has 2 aromatic rings. The highest BCUT2D eigenvalue weighted by Gasteiger charge is 1.97. The summed E-state index contributed by atoms with van der Waals surface area (Å²) in [5.74, 6) is 1.35. The first-order valence-electron chi connectivity index (χ1n) is 6.52. The summed E-state index contributed by atoms with van der Waals surface area (Å²) in [5.41, 5.74) is 0.988. The van der Waals surface area contributed by atoms with Crippen LogP contribution >= 0.6 is 11.6 Å². The highest BCUT2D eigenvalue weighted by molar-refractivity contribution is 6.30. The van der Waals surface area contributed by atoms with Crippen LogP contribution in [0.2, 0.25) is 5.02 Å². The van der Waals surface area contributed by atoms with E-state index in [2.05, 4.69) is 0 Å². The normalized spacial score (nSPS) is 10.4. The zero-order valence-corrected chi connectivity index (χ0v) is 12.2. The van der Waals surface area contributed by atoms with Gasteiger partial charge in [0.05, 0.1) is 6.61 Å². The first-order valence-corrected chi connectivity index (χ1v) is 6.89. The van der Waals surface area contributed by atoms with Gasteiger partial charge in [0.1, 0.15) is 24.8 Å². The van der Waals surface area contributed by atoms with Crippen molar-refractivity contribution in [3.8, 4) is 11.5 Å². The van der Waals surface area contributed by atoms with Gasteiger partial charge in [0.15, 0.2) is 6.79 Å². The molecule has 3 nitrogen and oxygen atoms in total. The molecule has 0 aromatic heterocycles. The van der Waals surface area contributed by atoms with E-state index in [1.807, 2.05) is 12.1 Å². The molecule has 0 bridgehead atoms. The molecular formula is C16H16ClFO3. The quantitative estimate of drug-likeness (QED) is 0.539. The van der Waals surface area contributed by atoms with Gasteiger partial charge in [-0.3, -0.25) is 0 Å². The van der Waals surface area contributed by atoms with Crippen LogP contribution in [-0.4, -0.2) is 20.1 Å². The average Bonchev–Trinajstić information content (AvgIpc) is 2.52. The second-order valence-electron chi connectivity index (χ2n) is 4.25. The van der Waals surface area contributed by atoms with Gasteiger partial charge in [-0.05, 0) is 42.0 Å². The minimum Gasteiger partial charge on any atom is -0.491 e. The molecule has 0 aliphatic heterocycles. The van der Waals surface area contributed by atoms with Crippen molar-refractivity contribution in [3.05, 3.63) is 59.1 Å². The van der Waals surface area contributed by atoms with Crippen LogP contribution in [0.5, 0.6) is 11.5 Å². The molecule has 2 aromatic carbocycles. The molecule has 0 heterocycles. The predicted octanol–water partition coefficient (Wildman–Crippen LogP) is 4.24. The zero-order valence-electron chi connectivity index (χ0n) is 11.4. The lowest BCUT2D eigenvalue weighted by molar-refractivity contribution is 0.00503. The van der Waals surface area contributed by atoms with E-state index < -0.39 is 6.67 Å². The molecule has 0 fully saturated rings. The lowest BCUT2D eigenvalue weighted by Crippen LogP contribution is -2.03. The Morgan fingerprint density at radius 1 is 0.857 bits per heavy atom. The molecule has 5 heteroatoms. The van der Waals surface area contributed by atoms with Crippen LogP contribution in [0.15, 0.2) is 48.5 Å². The highest BCUT2D eigenvalue weighted by atomic mass is 35.5. The maximum absolute atomic E-state index is 12.0. The molecule has 0 unspecified atom stereocenters. The van der Waals surface area contributed by atoms with Crippen molar-refractivity contribution in [2.45, 2.75) is 6.61 Å². The Balaban J connectivity index is 1.69. The second kappa shape index (κ2) is 8.49. The number of ether oxygens (including phenoxy) is 3. The molecule has 0 aliphatic rings. The Morgan fingerprint density at radius 2 is 1.48 bits per heavy atom. The summed E-state index contributed by atoms with van der Waals surface area (Å²) in [4.78, 5) is 0. The zero-order chi connectivity index (χ0) is 14.9. The fourth-order valence-electron chi connectivity index (χ4n) is 1.64. The van der Waals surface area contributed by atoms with E-state index >= 15 is 0 Å². The van der Waals surface area contributed by atoms with Crippen molar-refractivity contribution in [2.75, 3.05) is 20.1 Å². The first kappa shape index (κ1) is 15.6. The Morgan fingerprint density at radius 3 is 2.14 bits per heavy atom. The predicted molar refractivity (Wildman–Crippen MR) is 79.6 cm³/mol. The van der Waals surface area contributed by atoms with Gasteiger partial charge in [-0.1, -0.05) is 23.7 Å². The monoisotopic (exact) mass is 310 g/mol. The van der Waals surface area contributed by atoms with E-state index in [9.17, 15) is 4.39 Å². The minimum atomic E-state index is -0.493. The van der Waals surface area contributed by atoms with Crippen LogP contribution in [-0.2, 0) is 11.3 Å². The van der Waals surface area contributed by atoms with Gasteiger partial charge in [0.25, 0.3) is 0 Å². The van der Waals surface area contributed by atoms with Crippen molar-refractivity contribution >= 4 is 11.6 Å². The molecule has 0 spiro atoms. The maximum Gasteiger partial charge on any atom is 0.189 e. The summed E-state index contributed by atoms with van der Waals surface area (Å²) in [6.07, 6.45) is 0. The fourth-order valence-corrected chi connectivity index (χ4v) is 1.76. The van der Waals surface area contributed by atoms with Crippen LogP contribution < -0.4 is 9.47 Å². The minimum absolute atomic E-state index is 0.0742. The molecule has 2 rings (SSSR count). The van der Waals surface area contributed by atoms with E-state index in [4.69, 9.17) is 25.8 Å². The molecular weight excluding hydrogens is 295 g/mol. The Bertz CT molecular complexity index is 528. The van der Waals surface area contributed by atoms with E-state index in [1.165, 1.54) is 0 Å². The van der Waals surface area contributed by atoms with Crippen LogP contribution in [0, 0.1) is 0 Å². The van der Waals surface area contributed by atoms with Gasteiger partial charge in [-0.25, -0.2) is 4.39 Å². The smallest absolute Gasteiger partial charge is 0.189 e. The molecule has 0 saturated carbocycles. The lowest BCUT2D eigenvalue weighted by atomic mass is 10.2. The number of rotatable bonds is 8. The number of hydrogen-bond acceptors (Lipinski definition) is 3. The molecule has 0 saturated heterocycles. The van der Waals surface area contributed by atoms with Crippen molar-refractivity contribution in [1.82, 2.24) is 0 Å². The largest absolute Gasteiger partial charge is 0.491 e. The molecule has 112 valence electrons. The van der Waals surface area contributed by atoms with Crippen LogP contribution in [0.25, 0.3) is 0 Å². The van der Waals surface area contributed by atoms with E-state index in [1.54, 1.807) is 36.4 Å². The highest BCUT2D eigenvalue weighted by Crippen LogP contribution is 2.16. The Labute approximate surface area is 128 Å². The molecule has 0 radical (unpaired) electrons. The van der Waals surface area contributed by atoms with Crippen molar-refractivity contribution in [1.29, 1.82) is 0 Å². The SMILES string of the molecule is FCCOc1ccc(COCOc2ccc(Cl)cc2)cc1. The van der Waals surface area contributed by atoms with Crippen molar-refractivity contribution in [3.63, 3.8) is 0 Å². The standard InChI is InChI=1S/C16H16ClFO3/c17-14-3-7-16(8-4-14)21-12-19-11-13-1-5-15(6-2-13)20-10-9-18/h1-8H,9-12H2. The van der Waals surface area contributed by atoms with Gasteiger partial charge in [-0.2, -0.15) is 0 Å². The molecule has 0 N–H and O–H groups in total. The third-order valence-electron chi connectivity index (χ3n) is 2.66. The fraction of sp³-hybridized carbons (Fsp3) is 0.250. The van der Waals surface area contributed by atoms with Gasteiger partial charge in [-0.15, -0.1) is 0 Å². The van der Waals surface area contributed by atoms with Gasteiger partial charge < -0.3 is 14.2 Å². The Kier molecular flexibility index (Phi) is 6.31. The topological polar surface area (TPSA) is 27.7 Å². The summed E-state index contributed by atoms with van der Waals surface area (Å²) >= 11 is 5.78. The number of halogens is 2. The number of benzene rings is 2. The third kappa shape index (κ3) is 5.61. The van der Waals surface area contributed by atoms with Gasteiger partial charge in [0, 0.05) is 5.02 Å². The van der Waals surface area contributed by atoms with Crippen molar-refractivity contribution in [2.24, 2.45) is 0 Å². The molecule has 21 heavy (non-hydrogen) atoms. The molecule has 0 aliphatic carbocycles. The van der Waals surface area contributed by atoms with Crippen LogP contribution in [0.1, 0.15) is 5.56 Å². The van der Waals surface area contributed by atoms with Crippen molar-refractivity contribution < 1.29 is 18.6 Å². The summed E-state index contributed by atoms with van der Waals surface area (Å²) in [6.45, 7) is 0.163. The van der Waals surface area contributed by atoms with E-state index in [0.717, 1.165) is 5.56 Å². The lowest BCUT2D eigenvalue weighted by Gasteiger charge is -2.08. The van der Waals surface area contributed by atoms with Gasteiger partial charge >= 0.3 is 0 Å².